The standard InChI is InChI=1S/C22H17N3O9S2.Na.H/c1-10(26)24-11-5-7-12(8-6-11)25-14-9-16(36(32,33)34)20(23)19-18(14)22(28)17-13(21(19)27)3-2-4-15(17)35(29,30)31;;/h2-9,25H,23H2,1H3,(H,24,26)(H,29,30,31)(H,32,33,34);;. The predicted molar refractivity (Wildman–Crippen MR) is 135 cm³/mol. The number of hydrogen-bond acceptors (Lipinski definition) is 9. The molecule has 0 saturated heterocycles. The molecular weight excluding hydrogens is 537 g/mol. The summed E-state index contributed by atoms with van der Waals surface area (Å²) in [5.74, 6) is -2.34. The van der Waals surface area contributed by atoms with Crippen molar-refractivity contribution in [1.29, 1.82) is 0 Å². The van der Waals surface area contributed by atoms with Crippen LogP contribution in [-0.2, 0) is 25.0 Å². The van der Waals surface area contributed by atoms with Gasteiger partial charge >= 0.3 is 29.6 Å². The molecule has 0 aromatic heterocycles. The Morgan fingerprint density at radius 2 is 1.38 bits per heavy atom. The predicted octanol–water partition coefficient (Wildman–Crippen LogP) is 1.59. The minimum absolute atomic E-state index is 0. The molecule has 0 atom stereocenters. The first-order chi connectivity index (χ1) is 16.7. The molecule has 0 bridgehead atoms. The summed E-state index contributed by atoms with van der Waals surface area (Å²) in [6, 6.07) is 9.94. The minimum atomic E-state index is -4.96. The monoisotopic (exact) mass is 555 g/mol. The molecule has 12 nitrogen and oxygen atoms in total. The summed E-state index contributed by atoms with van der Waals surface area (Å²) in [7, 11) is -9.89. The van der Waals surface area contributed by atoms with Crippen LogP contribution in [0.15, 0.2) is 58.3 Å². The van der Waals surface area contributed by atoms with Crippen LogP contribution < -0.4 is 16.4 Å². The zero-order valence-corrected chi connectivity index (χ0v) is 19.9. The van der Waals surface area contributed by atoms with Crippen molar-refractivity contribution in [2.75, 3.05) is 16.4 Å². The first-order valence-electron chi connectivity index (χ1n) is 9.98. The van der Waals surface area contributed by atoms with Gasteiger partial charge in [-0.2, -0.15) is 16.8 Å². The van der Waals surface area contributed by atoms with Gasteiger partial charge < -0.3 is 16.4 Å². The van der Waals surface area contributed by atoms with E-state index in [0.717, 1.165) is 24.3 Å². The summed E-state index contributed by atoms with van der Waals surface area (Å²) in [6.45, 7) is 1.31. The summed E-state index contributed by atoms with van der Waals surface area (Å²) in [5.41, 5.74) is 3.56. The average Bonchev–Trinajstić information content (AvgIpc) is 2.77. The average molecular weight is 556 g/mol. The first-order valence-corrected chi connectivity index (χ1v) is 12.9. The Hall–Kier alpha value is -3.11. The van der Waals surface area contributed by atoms with Gasteiger partial charge in [0.2, 0.25) is 5.91 Å². The molecule has 6 N–H and O–H groups in total. The van der Waals surface area contributed by atoms with E-state index < -0.39 is 69.5 Å². The van der Waals surface area contributed by atoms with Crippen molar-refractivity contribution >= 4 is 90.0 Å². The Balaban J connectivity index is 0.00000380. The molecular formula is C22H18N3NaO9S2. The first kappa shape index (κ1) is 28.5. The molecule has 1 amide bonds. The van der Waals surface area contributed by atoms with Crippen molar-refractivity contribution in [2.24, 2.45) is 0 Å². The van der Waals surface area contributed by atoms with Gasteiger partial charge in [-0.1, -0.05) is 12.1 Å². The third-order valence-corrected chi connectivity index (χ3v) is 7.11. The summed E-state index contributed by atoms with van der Waals surface area (Å²) < 4.78 is 67.2. The van der Waals surface area contributed by atoms with Gasteiger partial charge in [0.15, 0.2) is 11.6 Å². The van der Waals surface area contributed by atoms with E-state index in [1.807, 2.05) is 0 Å². The van der Waals surface area contributed by atoms with Gasteiger partial charge in [0.25, 0.3) is 20.2 Å². The maximum absolute atomic E-state index is 13.5. The van der Waals surface area contributed by atoms with Crippen LogP contribution in [0.4, 0.5) is 22.7 Å². The van der Waals surface area contributed by atoms with Crippen LogP contribution in [0.25, 0.3) is 0 Å². The topological polar surface area (TPSA) is 210 Å². The molecule has 0 saturated carbocycles. The molecule has 4 rings (SSSR count). The Morgan fingerprint density at radius 1 is 0.811 bits per heavy atom. The molecule has 0 heterocycles. The number of nitrogens with one attached hydrogen (secondary N) is 2. The van der Waals surface area contributed by atoms with Crippen LogP contribution in [0.1, 0.15) is 38.8 Å². The molecule has 1 aliphatic carbocycles. The summed E-state index contributed by atoms with van der Waals surface area (Å²) >= 11 is 0. The van der Waals surface area contributed by atoms with Crippen molar-refractivity contribution in [3.05, 3.63) is 70.8 Å². The molecule has 0 unspecified atom stereocenters. The zero-order valence-electron chi connectivity index (χ0n) is 18.3. The number of benzene rings is 3. The van der Waals surface area contributed by atoms with Crippen LogP contribution >= 0.6 is 0 Å². The van der Waals surface area contributed by atoms with Gasteiger partial charge in [0.1, 0.15) is 9.79 Å². The summed E-state index contributed by atoms with van der Waals surface area (Å²) in [5, 5.41) is 5.31. The molecule has 0 spiro atoms. The van der Waals surface area contributed by atoms with E-state index in [-0.39, 0.29) is 46.8 Å². The Bertz CT molecular complexity index is 1700. The van der Waals surface area contributed by atoms with E-state index in [9.17, 15) is 40.3 Å². The molecule has 0 fully saturated rings. The van der Waals surface area contributed by atoms with Crippen molar-refractivity contribution in [2.45, 2.75) is 16.7 Å². The van der Waals surface area contributed by atoms with E-state index >= 15 is 0 Å². The van der Waals surface area contributed by atoms with E-state index in [0.29, 0.717) is 5.69 Å². The SMILES string of the molecule is CC(=O)Nc1ccc(Nc2cc(S(=O)(=O)O)c(N)c3c2C(=O)c2c(cccc2S(=O)(=O)O)C3=O)cc1.[NaH]. The Labute approximate surface area is 233 Å². The quantitative estimate of drug-likeness (QED) is 0.136. The van der Waals surface area contributed by atoms with Crippen molar-refractivity contribution in [3.8, 4) is 0 Å². The van der Waals surface area contributed by atoms with Gasteiger partial charge in [0, 0.05) is 23.9 Å². The number of rotatable bonds is 5. The van der Waals surface area contributed by atoms with Crippen LogP contribution in [0, 0.1) is 0 Å². The fraction of sp³-hybridized carbons (Fsp3) is 0.0455. The fourth-order valence-corrected chi connectivity index (χ4v) is 5.24. The fourth-order valence-electron chi connectivity index (χ4n) is 3.88. The number of ketones is 2. The second-order valence-corrected chi connectivity index (χ2v) is 10.5. The van der Waals surface area contributed by atoms with Crippen LogP contribution in [0.3, 0.4) is 0 Å². The third-order valence-electron chi connectivity index (χ3n) is 5.32. The molecule has 188 valence electrons. The van der Waals surface area contributed by atoms with Gasteiger partial charge in [-0.05, 0) is 36.4 Å². The summed E-state index contributed by atoms with van der Waals surface area (Å²) in [4.78, 5) is 36.4. The van der Waals surface area contributed by atoms with Gasteiger partial charge in [-0.25, -0.2) is 0 Å². The number of carbonyl (C=O) groups is 3. The molecule has 15 heteroatoms. The molecule has 1 aliphatic rings. The van der Waals surface area contributed by atoms with E-state index in [1.165, 1.54) is 31.2 Å². The van der Waals surface area contributed by atoms with E-state index in [2.05, 4.69) is 10.6 Å². The normalized spacial score (nSPS) is 12.7. The van der Waals surface area contributed by atoms with Gasteiger partial charge in [-0.3, -0.25) is 23.5 Å². The van der Waals surface area contributed by atoms with Crippen molar-refractivity contribution in [3.63, 3.8) is 0 Å². The molecule has 3 aromatic carbocycles. The van der Waals surface area contributed by atoms with Crippen LogP contribution in [0.2, 0.25) is 0 Å². The molecule has 37 heavy (non-hydrogen) atoms. The second kappa shape index (κ2) is 9.98. The number of anilines is 4. The van der Waals surface area contributed by atoms with E-state index in [4.69, 9.17) is 5.73 Å². The van der Waals surface area contributed by atoms with Crippen LogP contribution in [0.5, 0.6) is 0 Å². The number of carbonyl (C=O) groups excluding carboxylic acids is 3. The van der Waals surface area contributed by atoms with E-state index in [1.54, 1.807) is 0 Å². The number of amides is 1. The maximum atomic E-state index is 13.5. The zero-order chi connectivity index (χ0) is 26.6. The number of nitrogen functional groups attached to an aromatic ring is 1. The Kier molecular flexibility index (Phi) is 7.68. The van der Waals surface area contributed by atoms with Crippen molar-refractivity contribution in [1.82, 2.24) is 0 Å². The van der Waals surface area contributed by atoms with Gasteiger partial charge in [-0.15, -0.1) is 0 Å². The molecule has 0 radical (unpaired) electrons. The number of hydrogen-bond donors (Lipinski definition) is 5. The van der Waals surface area contributed by atoms with Crippen molar-refractivity contribution < 1.29 is 40.3 Å². The number of nitrogens with two attached hydrogens (primary N) is 1. The van der Waals surface area contributed by atoms with Crippen LogP contribution in [-0.4, -0.2) is 73.0 Å². The summed E-state index contributed by atoms with van der Waals surface area (Å²) in [6.07, 6.45) is 0. The Morgan fingerprint density at radius 3 is 1.92 bits per heavy atom. The molecule has 3 aromatic rings. The molecule has 0 aliphatic heterocycles. The van der Waals surface area contributed by atoms with Gasteiger partial charge in [0.05, 0.1) is 28.1 Å². The second-order valence-electron chi connectivity index (χ2n) is 7.76. The number of fused-ring (bicyclic) bond motifs is 2. The third kappa shape index (κ3) is 5.31.